The summed E-state index contributed by atoms with van der Waals surface area (Å²) < 4.78 is 6.70. The zero-order valence-electron chi connectivity index (χ0n) is 14.6. The van der Waals surface area contributed by atoms with Crippen LogP contribution < -0.4 is 5.76 Å². The Morgan fingerprint density at radius 1 is 1.15 bits per heavy atom. The third kappa shape index (κ3) is 3.01. The van der Waals surface area contributed by atoms with Crippen LogP contribution in [0.25, 0.3) is 11.1 Å². The van der Waals surface area contributed by atoms with Gasteiger partial charge in [0, 0.05) is 52.2 Å². The normalized spacial score (nSPS) is 15.5. The molecule has 7 heteroatoms. The number of benzene rings is 1. The van der Waals surface area contributed by atoms with Crippen LogP contribution >= 0.6 is 0 Å². The predicted octanol–water partition coefficient (Wildman–Crippen LogP) is 1.48. The van der Waals surface area contributed by atoms with Crippen LogP contribution in [-0.2, 0) is 13.6 Å². The molecule has 26 heavy (non-hydrogen) atoms. The quantitative estimate of drug-likeness (QED) is 0.714. The van der Waals surface area contributed by atoms with E-state index in [4.69, 9.17) is 4.42 Å². The third-order valence-electron chi connectivity index (χ3n) is 4.84. The molecule has 1 saturated heterocycles. The van der Waals surface area contributed by atoms with Gasteiger partial charge in [-0.3, -0.25) is 19.2 Å². The van der Waals surface area contributed by atoms with Gasteiger partial charge in [0.15, 0.2) is 5.58 Å². The molecule has 1 aliphatic heterocycles. The van der Waals surface area contributed by atoms with Crippen LogP contribution in [0.5, 0.6) is 0 Å². The van der Waals surface area contributed by atoms with Crippen LogP contribution in [0.3, 0.4) is 0 Å². The highest BCUT2D eigenvalue weighted by Gasteiger charge is 2.25. The molecule has 0 atom stereocenters. The first-order chi connectivity index (χ1) is 12.6. The standard InChI is InChI=1S/C19H20N4O3/c1-21-16-6-2-5-15(17(16)26-19(21)25)18(24)23-10-8-22(9-11-23)13-14-4-3-7-20-12-14/h2-7,12H,8-11,13H2,1H3. The first-order valence-corrected chi connectivity index (χ1v) is 8.62. The van der Waals surface area contributed by atoms with Crippen molar-refractivity contribution in [1.82, 2.24) is 19.4 Å². The van der Waals surface area contributed by atoms with E-state index in [2.05, 4.69) is 16.0 Å². The number of hydrogen-bond acceptors (Lipinski definition) is 5. The van der Waals surface area contributed by atoms with E-state index in [1.807, 2.05) is 17.2 Å². The number of carbonyl (C=O) groups excluding carboxylic acids is 1. The highest BCUT2D eigenvalue weighted by atomic mass is 16.4. The minimum absolute atomic E-state index is 0.0917. The molecule has 7 nitrogen and oxygen atoms in total. The van der Waals surface area contributed by atoms with Gasteiger partial charge in [0.05, 0.1) is 11.1 Å². The molecule has 0 radical (unpaired) electrons. The van der Waals surface area contributed by atoms with Crippen molar-refractivity contribution >= 4 is 17.0 Å². The summed E-state index contributed by atoms with van der Waals surface area (Å²) in [7, 11) is 1.64. The number of pyridine rings is 1. The molecule has 1 amide bonds. The van der Waals surface area contributed by atoms with Crippen molar-refractivity contribution in [2.75, 3.05) is 26.2 Å². The summed E-state index contributed by atoms with van der Waals surface area (Å²) in [5, 5.41) is 0. The van der Waals surface area contributed by atoms with Gasteiger partial charge < -0.3 is 9.32 Å². The molecule has 4 rings (SSSR count). The predicted molar refractivity (Wildman–Crippen MR) is 96.9 cm³/mol. The Morgan fingerprint density at radius 2 is 1.96 bits per heavy atom. The molecule has 3 heterocycles. The Bertz CT molecular complexity index is 985. The summed E-state index contributed by atoms with van der Waals surface area (Å²) in [5.41, 5.74) is 2.61. The molecule has 0 N–H and O–H groups in total. The Labute approximate surface area is 150 Å². The number of aromatic nitrogens is 2. The van der Waals surface area contributed by atoms with Crippen molar-refractivity contribution < 1.29 is 9.21 Å². The highest BCUT2D eigenvalue weighted by Crippen LogP contribution is 2.20. The van der Waals surface area contributed by atoms with E-state index in [1.165, 1.54) is 10.1 Å². The first kappa shape index (κ1) is 16.5. The fourth-order valence-electron chi connectivity index (χ4n) is 3.35. The second kappa shape index (κ2) is 6.76. The maximum absolute atomic E-state index is 12.9. The molecule has 0 spiro atoms. The number of para-hydroxylation sites is 1. The van der Waals surface area contributed by atoms with Gasteiger partial charge in [0.2, 0.25) is 0 Å². The SMILES string of the molecule is Cn1c(=O)oc2c(C(=O)N3CCN(Cc4cccnc4)CC3)cccc21. The van der Waals surface area contributed by atoms with Gasteiger partial charge in [-0.25, -0.2) is 4.79 Å². The average Bonchev–Trinajstić information content (AvgIpc) is 2.97. The minimum Gasteiger partial charge on any atom is -0.407 e. The van der Waals surface area contributed by atoms with Gasteiger partial charge >= 0.3 is 5.76 Å². The van der Waals surface area contributed by atoms with E-state index in [9.17, 15) is 9.59 Å². The van der Waals surface area contributed by atoms with Crippen molar-refractivity contribution in [2.45, 2.75) is 6.54 Å². The number of oxazole rings is 1. The monoisotopic (exact) mass is 352 g/mol. The lowest BCUT2D eigenvalue weighted by molar-refractivity contribution is 0.0629. The summed E-state index contributed by atoms with van der Waals surface area (Å²) >= 11 is 0. The molecule has 1 aromatic carbocycles. The fourth-order valence-corrected chi connectivity index (χ4v) is 3.35. The zero-order valence-corrected chi connectivity index (χ0v) is 14.6. The van der Waals surface area contributed by atoms with Crippen molar-refractivity contribution in [3.8, 4) is 0 Å². The van der Waals surface area contributed by atoms with Crippen LogP contribution in [0.1, 0.15) is 15.9 Å². The van der Waals surface area contributed by atoms with E-state index in [0.29, 0.717) is 29.8 Å². The first-order valence-electron chi connectivity index (χ1n) is 8.62. The van der Waals surface area contributed by atoms with Crippen molar-refractivity contribution in [2.24, 2.45) is 7.05 Å². The average molecular weight is 352 g/mol. The maximum Gasteiger partial charge on any atom is 0.419 e. The molecule has 0 unspecified atom stereocenters. The zero-order chi connectivity index (χ0) is 18.1. The smallest absolute Gasteiger partial charge is 0.407 e. The Morgan fingerprint density at radius 3 is 2.69 bits per heavy atom. The second-order valence-electron chi connectivity index (χ2n) is 6.51. The number of aryl methyl sites for hydroxylation is 1. The fraction of sp³-hybridized carbons (Fsp3) is 0.316. The van der Waals surface area contributed by atoms with Gasteiger partial charge in [0.25, 0.3) is 5.91 Å². The van der Waals surface area contributed by atoms with Gasteiger partial charge in [-0.1, -0.05) is 12.1 Å². The number of nitrogens with zero attached hydrogens (tertiary/aromatic N) is 4. The van der Waals surface area contributed by atoms with Gasteiger partial charge in [-0.2, -0.15) is 0 Å². The largest absolute Gasteiger partial charge is 0.419 e. The van der Waals surface area contributed by atoms with Crippen LogP contribution in [-0.4, -0.2) is 51.4 Å². The molecule has 0 aliphatic carbocycles. The topological polar surface area (TPSA) is 71.6 Å². The molecular weight excluding hydrogens is 332 g/mol. The Hall–Kier alpha value is -2.93. The Balaban J connectivity index is 1.47. The van der Waals surface area contributed by atoms with Crippen LogP contribution in [0.2, 0.25) is 0 Å². The highest BCUT2D eigenvalue weighted by molar-refractivity contribution is 6.04. The summed E-state index contributed by atoms with van der Waals surface area (Å²) in [6, 6.07) is 9.27. The number of amides is 1. The lowest BCUT2D eigenvalue weighted by Crippen LogP contribution is -2.48. The molecule has 1 fully saturated rings. The van der Waals surface area contributed by atoms with Crippen molar-refractivity contribution in [3.63, 3.8) is 0 Å². The number of rotatable bonds is 3. The van der Waals surface area contributed by atoms with E-state index in [-0.39, 0.29) is 5.91 Å². The lowest BCUT2D eigenvalue weighted by atomic mass is 10.1. The molecule has 134 valence electrons. The molecular formula is C19H20N4O3. The molecule has 0 bridgehead atoms. The lowest BCUT2D eigenvalue weighted by Gasteiger charge is -2.34. The third-order valence-corrected chi connectivity index (χ3v) is 4.84. The van der Waals surface area contributed by atoms with Gasteiger partial charge in [-0.15, -0.1) is 0 Å². The molecule has 1 aliphatic rings. The summed E-state index contributed by atoms with van der Waals surface area (Å²) in [4.78, 5) is 33.0. The minimum atomic E-state index is -0.457. The maximum atomic E-state index is 12.9. The number of piperazine rings is 1. The molecule has 3 aromatic rings. The number of carbonyl (C=O) groups is 1. The van der Waals surface area contributed by atoms with E-state index >= 15 is 0 Å². The van der Waals surface area contributed by atoms with Gasteiger partial charge in [-0.05, 0) is 23.8 Å². The molecule has 0 saturated carbocycles. The number of fused-ring (bicyclic) bond motifs is 1. The Kier molecular flexibility index (Phi) is 4.30. The molecule has 2 aromatic heterocycles. The van der Waals surface area contributed by atoms with Crippen LogP contribution in [0.4, 0.5) is 0 Å². The van der Waals surface area contributed by atoms with Gasteiger partial charge in [0.1, 0.15) is 0 Å². The van der Waals surface area contributed by atoms with Crippen LogP contribution in [0.15, 0.2) is 51.9 Å². The van der Waals surface area contributed by atoms with E-state index in [0.717, 1.165) is 19.6 Å². The summed E-state index contributed by atoms with van der Waals surface area (Å²) in [5.74, 6) is -0.549. The summed E-state index contributed by atoms with van der Waals surface area (Å²) in [6.07, 6.45) is 3.64. The van der Waals surface area contributed by atoms with E-state index < -0.39 is 5.76 Å². The second-order valence-corrected chi connectivity index (χ2v) is 6.51. The van der Waals surface area contributed by atoms with E-state index in [1.54, 1.807) is 31.4 Å². The van der Waals surface area contributed by atoms with Crippen molar-refractivity contribution in [3.05, 3.63) is 64.4 Å². The van der Waals surface area contributed by atoms with Crippen molar-refractivity contribution in [1.29, 1.82) is 0 Å². The summed E-state index contributed by atoms with van der Waals surface area (Å²) in [6.45, 7) is 3.73. The number of hydrogen-bond donors (Lipinski definition) is 0. The van der Waals surface area contributed by atoms with Crippen LogP contribution in [0, 0.1) is 0 Å².